The first-order valence-electron chi connectivity index (χ1n) is 6.06. The van der Waals surface area contributed by atoms with Crippen LogP contribution in [0, 0.1) is 15.9 Å². The van der Waals surface area contributed by atoms with Crippen LogP contribution in [0.3, 0.4) is 0 Å². The van der Waals surface area contributed by atoms with Gasteiger partial charge in [0.1, 0.15) is 11.5 Å². The van der Waals surface area contributed by atoms with Crippen LogP contribution in [0.1, 0.15) is 6.92 Å². The van der Waals surface area contributed by atoms with Gasteiger partial charge in [-0.3, -0.25) is 10.1 Å². The highest BCUT2D eigenvalue weighted by molar-refractivity contribution is 6.31. The molecule has 1 aliphatic heterocycles. The monoisotopic (exact) mass is 304 g/mol. The summed E-state index contributed by atoms with van der Waals surface area (Å²) in [5.41, 5.74) is -0.118. The minimum absolute atomic E-state index is 0.145. The summed E-state index contributed by atoms with van der Waals surface area (Å²) in [5, 5.41) is 19.9. The number of nitrogens with zero attached hydrogens (tertiary/aromatic N) is 2. The van der Waals surface area contributed by atoms with E-state index < -0.39 is 16.8 Å². The molecule has 1 N–H and O–H groups in total. The average Bonchev–Trinajstić information content (AvgIpc) is 2.42. The highest BCUT2D eigenvalue weighted by Gasteiger charge is 2.31. The van der Waals surface area contributed by atoms with E-state index in [0.717, 1.165) is 12.1 Å². The van der Waals surface area contributed by atoms with Crippen molar-refractivity contribution in [2.24, 2.45) is 0 Å². The number of nitro groups is 1. The van der Waals surface area contributed by atoms with Crippen molar-refractivity contribution >= 4 is 23.0 Å². The van der Waals surface area contributed by atoms with Crippen LogP contribution < -0.4 is 4.90 Å². The van der Waals surface area contributed by atoms with Crippen LogP contribution in [0.4, 0.5) is 15.8 Å². The SMILES string of the molecule is CC1COC(CO)CN1c1cc(F)c(Cl)cc1[N+](=O)[O-]. The molecule has 1 saturated heterocycles. The number of anilines is 1. The number of halogens is 2. The van der Waals surface area contributed by atoms with Crippen LogP contribution in [0.15, 0.2) is 12.1 Å². The highest BCUT2D eigenvalue weighted by Crippen LogP contribution is 2.35. The molecule has 0 amide bonds. The lowest BCUT2D eigenvalue weighted by atomic mass is 10.1. The second-order valence-corrected chi connectivity index (χ2v) is 5.06. The van der Waals surface area contributed by atoms with Gasteiger partial charge in [0.15, 0.2) is 0 Å². The summed E-state index contributed by atoms with van der Waals surface area (Å²) in [4.78, 5) is 12.2. The summed E-state index contributed by atoms with van der Waals surface area (Å²) in [7, 11) is 0. The molecular weight excluding hydrogens is 291 g/mol. The molecule has 1 aromatic carbocycles. The minimum Gasteiger partial charge on any atom is -0.394 e. The van der Waals surface area contributed by atoms with Crippen molar-refractivity contribution in [3.63, 3.8) is 0 Å². The van der Waals surface area contributed by atoms with Crippen molar-refractivity contribution in [2.75, 3.05) is 24.7 Å². The summed E-state index contributed by atoms with van der Waals surface area (Å²) < 4.78 is 19.0. The van der Waals surface area contributed by atoms with Crippen molar-refractivity contribution in [2.45, 2.75) is 19.1 Å². The maximum atomic E-state index is 13.6. The van der Waals surface area contributed by atoms with Crippen LogP contribution in [-0.4, -0.2) is 41.9 Å². The predicted molar refractivity (Wildman–Crippen MR) is 71.7 cm³/mol. The number of ether oxygens (including phenoxy) is 1. The van der Waals surface area contributed by atoms with Crippen molar-refractivity contribution < 1.29 is 19.2 Å². The number of aliphatic hydroxyl groups is 1. The van der Waals surface area contributed by atoms with Gasteiger partial charge in [0.05, 0.1) is 29.3 Å². The maximum absolute atomic E-state index is 13.6. The minimum atomic E-state index is -0.716. The maximum Gasteiger partial charge on any atom is 0.294 e. The van der Waals surface area contributed by atoms with Gasteiger partial charge in [0, 0.05) is 24.7 Å². The molecule has 110 valence electrons. The standard InChI is InChI=1S/C12H14ClFN2O4/c1-7-6-20-8(5-17)4-15(7)11-3-10(14)9(13)2-12(11)16(18)19/h2-3,7-8,17H,4-6H2,1H3. The molecule has 2 unspecified atom stereocenters. The van der Waals surface area contributed by atoms with Gasteiger partial charge >= 0.3 is 0 Å². The first kappa shape index (κ1) is 15.0. The number of aliphatic hydroxyl groups excluding tert-OH is 1. The number of hydrogen-bond acceptors (Lipinski definition) is 5. The van der Waals surface area contributed by atoms with Crippen molar-refractivity contribution in [1.82, 2.24) is 0 Å². The van der Waals surface area contributed by atoms with Gasteiger partial charge < -0.3 is 14.7 Å². The second-order valence-electron chi connectivity index (χ2n) is 4.65. The molecule has 1 heterocycles. The largest absolute Gasteiger partial charge is 0.394 e. The van der Waals surface area contributed by atoms with E-state index in [4.69, 9.17) is 21.4 Å². The zero-order chi connectivity index (χ0) is 14.9. The third-order valence-electron chi connectivity index (χ3n) is 3.23. The molecule has 1 aromatic rings. The van der Waals surface area contributed by atoms with E-state index in [0.29, 0.717) is 6.61 Å². The van der Waals surface area contributed by atoms with Gasteiger partial charge in [-0.1, -0.05) is 11.6 Å². The molecule has 20 heavy (non-hydrogen) atoms. The Bertz CT molecular complexity index is 528. The quantitative estimate of drug-likeness (QED) is 0.682. The molecule has 0 aromatic heterocycles. The molecule has 0 saturated carbocycles. The zero-order valence-electron chi connectivity index (χ0n) is 10.8. The number of rotatable bonds is 3. The summed E-state index contributed by atoms with van der Waals surface area (Å²) >= 11 is 5.60. The van der Waals surface area contributed by atoms with Gasteiger partial charge in [0.25, 0.3) is 5.69 Å². The van der Waals surface area contributed by atoms with E-state index in [1.165, 1.54) is 0 Å². The van der Waals surface area contributed by atoms with Crippen molar-refractivity contribution in [3.8, 4) is 0 Å². The molecule has 2 atom stereocenters. The average molecular weight is 305 g/mol. The highest BCUT2D eigenvalue weighted by atomic mass is 35.5. The van der Waals surface area contributed by atoms with Gasteiger partial charge in [-0.15, -0.1) is 0 Å². The molecule has 0 radical (unpaired) electrons. The fourth-order valence-electron chi connectivity index (χ4n) is 2.17. The van der Waals surface area contributed by atoms with E-state index in [1.54, 1.807) is 4.90 Å². The Labute approximate surface area is 119 Å². The Morgan fingerprint density at radius 2 is 2.35 bits per heavy atom. The molecule has 0 aliphatic carbocycles. The van der Waals surface area contributed by atoms with E-state index >= 15 is 0 Å². The zero-order valence-corrected chi connectivity index (χ0v) is 11.5. The number of nitro benzene ring substituents is 1. The summed E-state index contributed by atoms with van der Waals surface area (Å²) in [6, 6.07) is 1.89. The lowest BCUT2D eigenvalue weighted by molar-refractivity contribution is -0.384. The van der Waals surface area contributed by atoms with Crippen LogP contribution in [-0.2, 0) is 4.74 Å². The van der Waals surface area contributed by atoms with Gasteiger partial charge in [-0.25, -0.2) is 4.39 Å². The third-order valence-corrected chi connectivity index (χ3v) is 3.52. The third kappa shape index (κ3) is 2.84. The fraction of sp³-hybridized carbons (Fsp3) is 0.500. The van der Waals surface area contributed by atoms with E-state index in [-0.39, 0.29) is 35.6 Å². The van der Waals surface area contributed by atoms with Gasteiger partial charge in [-0.05, 0) is 6.92 Å². The Hall–Kier alpha value is -1.44. The Morgan fingerprint density at radius 1 is 1.65 bits per heavy atom. The normalized spacial score (nSPS) is 22.9. The van der Waals surface area contributed by atoms with Crippen LogP contribution in [0.5, 0.6) is 0 Å². The van der Waals surface area contributed by atoms with Crippen LogP contribution in [0.25, 0.3) is 0 Å². The van der Waals surface area contributed by atoms with Crippen molar-refractivity contribution in [1.29, 1.82) is 0 Å². The molecule has 6 nitrogen and oxygen atoms in total. The van der Waals surface area contributed by atoms with Gasteiger partial charge in [0.2, 0.25) is 0 Å². The fourth-order valence-corrected chi connectivity index (χ4v) is 2.32. The van der Waals surface area contributed by atoms with Crippen LogP contribution in [0.2, 0.25) is 5.02 Å². The Balaban J connectivity index is 2.44. The molecule has 0 spiro atoms. The first-order chi connectivity index (χ1) is 9.43. The predicted octanol–water partition coefficient (Wildman–Crippen LogP) is 1.97. The molecule has 8 heteroatoms. The summed E-state index contributed by atoms with van der Waals surface area (Å²) in [6.45, 7) is 2.16. The molecule has 0 bridgehead atoms. The lowest BCUT2D eigenvalue weighted by Gasteiger charge is -2.38. The number of morpholine rings is 1. The van der Waals surface area contributed by atoms with Crippen molar-refractivity contribution in [3.05, 3.63) is 33.1 Å². The van der Waals surface area contributed by atoms with E-state index in [1.807, 2.05) is 6.92 Å². The van der Waals surface area contributed by atoms with E-state index in [9.17, 15) is 14.5 Å². The summed E-state index contributed by atoms with van der Waals surface area (Å²) in [6.07, 6.45) is -0.454. The number of benzene rings is 1. The molecular formula is C12H14ClFN2O4. The van der Waals surface area contributed by atoms with E-state index in [2.05, 4.69) is 0 Å². The smallest absolute Gasteiger partial charge is 0.294 e. The van der Waals surface area contributed by atoms with Gasteiger partial charge in [-0.2, -0.15) is 0 Å². The topological polar surface area (TPSA) is 75.8 Å². The van der Waals surface area contributed by atoms with Crippen LogP contribution >= 0.6 is 11.6 Å². The molecule has 1 fully saturated rings. The number of hydrogen-bond donors (Lipinski definition) is 1. The Morgan fingerprint density at radius 3 is 2.95 bits per heavy atom. The first-order valence-corrected chi connectivity index (χ1v) is 6.44. The second kappa shape index (κ2) is 5.90. The molecule has 2 rings (SSSR count). The molecule has 1 aliphatic rings. The summed E-state index contributed by atoms with van der Waals surface area (Å²) in [5.74, 6) is -0.716. The lowest BCUT2D eigenvalue weighted by Crippen LogP contribution is -2.49. The Kier molecular flexibility index (Phi) is 4.42.